The van der Waals surface area contributed by atoms with E-state index in [4.69, 9.17) is 14.2 Å². The van der Waals surface area contributed by atoms with E-state index in [9.17, 15) is 0 Å². The Morgan fingerprint density at radius 1 is 1.03 bits per heavy atom. The topological polar surface area (TPSA) is 71.5 Å². The van der Waals surface area contributed by atoms with E-state index in [2.05, 4.69) is 31.2 Å². The number of piperazine rings is 1. The van der Waals surface area contributed by atoms with Crippen LogP contribution in [0.3, 0.4) is 0 Å². The van der Waals surface area contributed by atoms with Crippen LogP contribution in [0, 0.1) is 0 Å². The molecule has 0 amide bonds. The summed E-state index contributed by atoms with van der Waals surface area (Å²) in [6.45, 7) is 4.33. The number of rotatable bonds is 7. The van der Waals surface area contributed by atoms with Crippen LogP contribution in [0.25, 0.3) is 0 Å². The monoisotopic (exact) mass is 413 g/mol. The molecule has 0 atom stereocenters. The summed E-state index contributed by atoms with van der Waals surface area (Å²) in [5.74, 6) is 4.15. The Morgan fingerprint density at radius 2 is 1.73 bits per heavy atom. The Hall–Kier alpha value is -3.16. The van der Waals surface area contributed by atoms with Crippen LogP contribution in [0.2, 0.25) is 0 Å². The number of aliphatic imine (C=N–C) groups is 1. The molecule has 2 heterocycles. The highest BCUT2D eigenvalue weighted by atomic mass is 16.5. The fraction of sp³-hybridized carbons (Fsp3) is 0.455. The van der Waals surface area contributed by atoms with Crippen molar-refractivity contribution in [3.8, 4) is 17.2 Å². The predicted molar refractivity (Wildman–Crippen MR) is 119 cm³/mol. The lowest BCUT2D eigenvalue weighted by Crippen LogP contribution is -2.53. The molecular formula is C22H31N5O3. The third-order valence-electron chi connectivity index (χ3n) is 5.24. The minimum Gasteiger partial charge on any atom is -0.496 e. The first-order valence-corrected chi connectivity index (χ1v) is 10.1. The summed E-state index contributed by atoms with van der Waals surface area (Å²) in [7, 11) is 6.77. The first kappa shape index (κ1) is 21.5. The van der Waals surface area contributed by atoms with Gasteiger partial charge >= 0.3 is 0 Å². The summed E-state index contributed by atoms with van der Waals surface area (Å²) in [6.07, 6.45) is 2.58. The normalized spacial score (nSPS) is 14.5. The smallest absolute Gasteiger partial charge is 0.193 e. The predicted octanol–water partition coefficient (Wildman–Crippen LogP) is 2.05. The summed E-state index contributed by atoms with van der Waals surface area (Å²) >= 11 is 0. The number of aromatic nitrogens is 1. The van der Waals surface area contributed by atoms with Gasteiger partial charge < -0.3 is 29.3 Å². The van der Waals surface area contributed by atoms with Gasteiger partial charge in [-0.15, -0.1) is 0 Å². The second-order valence-electron chi connectivity index (χ2n) is 6.90. The third-order valence-corrected chi connectivity index (χ3v) is 5.24. The number of anilines is 1. The van der Waals surface area contributed by atoms with E-state index in [1.807, 2.05) is 37.5 Å². The summed E-state index contributed by atoms with van der Waals surface area (Å²) in [5, 5.41) is 3.47. The van der Waals surface area contributed by atoms with Gasteiger partial charge in [-0.25, -0.2) is 4.98 Å². The molecule has 1 aromatic carbocycles. The second-order valence-corrected chi connectivity index (χ2v) is 6.90. The second kappa shape index (κ2) is 10.6. The maximum Gasteiger partial charge on any atom is 0.193 e. The van der Waals surface area contributed by atoms with Crippen LogP contribution in [0.15, 0.2) is 41.5 Å². The van der Waals surface area contributed by atoms with Crippen LogP contribution in [-0.4, -0.2) is 76.9 Å². The van der Waals surface area contributed by atoms with Crippen molar-refractivity contribution in [3.63, 3.8) is 0 Å². The zero-order valence-corrected chi connectivity index (χ0v) is 18.2. The summed E-state index contributed by atoms with van der Waals surface area (Å²) in [4.78, 5) is 13.5. The highest BCUT2D eigenvalue weighted by molar-refractivity contribution is 5.80. The van der Waals surface area contributed by atoms with Crippen molar-refractivity contribution in [1.82, 2.24) is 15.2 Å². The van der Waals surface area contributed by atoms with Crippen molar-refractivity contribution in [3.05, 3.63) is 42.1 Å². The Labute approximate surface area is 178 Å². The van der Waals surface area contributed by atoms with E-state index < -0.39 is 0 Å². The molecule has 1 saturated heterocycles. The molecule has 1 aromatic heterocycles. The maximum absolute atomic E-state index is 5.54. The zero-order valence-electron chi connectivity index (χ0n) is 18.2. The highest BCUT2D eigenvalue weighted by Crippen LogP contribution is 2.34. The standard InChI is InChI=1S/C22H31N5O3/c1-23-22(27-13-11-26(12-14-27)21-7-5-6-9-24-21)25-10-8-18-19(29-3)15-17(28-2)16-20(18)30-4/h5-7,9,15-16H,8,10-14H2,1-4H3,(H,23,25). The minimum atomic E-state index is 0.710. The van der Waals surface area contributed by atoms with Gasteiger partial charge in [0.1, 0.15) is 23.1 Å². The van der Waals surface area contributed by atoms with Gasteiger partial charge in [-0.1, -0.05) is 6.07 Å². The zero-order chi connectivity index (χ0) is 21.3. The van der Waals surface area contributed by atoms with E-state index in [1.165, 1.54) is 0 Å². The molecule has 1 aliphatic heterocycles. The first-order chi connectivity index (χ1) is 14.7. The van der Waals surface area contributed by atoms with Gasteiger partial charge in [0.25, 0.3) is 0 Å². The average molecular weight is 414 g/mol. The molecule has 8 nitrogen and oxygen atoms in total. The SMILES string of the molecule is CN=C(NCCc1c(OC)cc(OC)cc1OC)N1CCN(c2ccccn2)CC1. The molecule has 2 aromatic rings. The molecule has 0 aliphatic carbocycles. The third kappa shape index (κ3) is 5.06. The number of benzene rings is 1. The molecule has 30 heavy (non-hydrogen) atoms. The van der Waals surface area contributed by atoms with E-state index in [0.717, 1.165) is 61.4 Å². The molecule has 0 radical (unpaired) electrons. The molecule has 1 N–H and O–H groups in total. The van der Waals surface area contributed by atoms with Crippen LogP contribution in [0.1, 0.15) is 5.56 Å². The number of methoxy groups -OCH3 is 3. The Balaban J connectivity index is 1.57. The van der Waals surface area contributed by atoms with Gasteiger partial charge in [0.05, 0.1) is 21.3 Å². The Bertz CT molecular complexity index is 811. The Kier molecular flexibility index (Phi) is 7.59. The number of pyridine rings is 1. The number of ether oxygens (including phenoxy) is 3. The van der Waals surface area contributed by atoms with Gasteiger partial charge in [-0.3, -0.25) is 4.99 Å². The van der Waals surface area contributed by atoms with Gasteiger partial charge in [0, 0.05) is 63.7 Å². The maximum atomic E-state index is 5.54. The molecule has 1 fully saturated rings. The molecule has 1 aliphatic rings. The van der Waals surface area contributed by atoms with Crippen molar-refractivity contribution in [1.29, 1.82) is 0 Å². The van der Waals surface area contributed by atoms with Crippen molar-refractivity contribution in [2.45, 2.75) is 6.42 Å². The number of nitrogens with one attached hydrogen (secondary N) is 1. The molecule has 162 valence electrons. The van der Waals surface area contributed by atoms with E-state index in [0.29, 0.717) is 12.3 Å². The van der Waals surface area contributed by atoms with Crippen molar-refractivity contribution in [2.75, 3.05) is 66.0 Å². The van der Waals surface area contributed by atoms with Gasteiger partial charge in [-0.05, 0) is 18.6 Å². The van der Waals surface area contributed by atoms with Crippen molar-refractivity contribution < 1.29 is 14.2 Å². The number of guanidine groups is 1. The molecule has 8 heteroatoms. The van der Waals surface area contributed by atoms with E-state index in [1.54, 1.807) is 21.3 Å². The summed E-state index contributed by atoms with van der Waals surface area (Å²) in [6, 6.07) is 9.78. The lowest BCUT2D eigenvalue weighted by Gasteiger charge is -2.37. The number of nitrogens with zero attached hydrogens (tertiary/aromatic N) is 4. The number of hydrogen-bond donors (Lipinski definition) is 1. The van der Waals surface area contributed by atoms with Gasteiger partial charge in [0.15, 0.2) is 5.96 Å². The minimum absolute atomic E-state index is 0.710. The fourth-order valence-electron chi connectivity index (χ4n) is 3.64. The van der Waals surface area contributed by atoms with E-state index in [-0.39, 0.29) is 0 Å². The molecular weight excluding hydrogens is 382 g/mol. The molecule has 3 rings (SSSR count). The van der Waals surface area contributed by atoms with Crippen LogP contribution < -0.4 is 24.4 Å². The molecule has 0 unspecified atom stereocenters. The summed E-state index contributed by atoms with van der Waals surface area (Å²) in [5.41, 5.74) is 1.00. The highest BCUT2D eigenvalue weighted by Gasteiger charge is 2.20. The van der Waals surface area contributed by atoms with Crippen molar-refractivity contribution >= 4 is 11.8 Å². The van der Waals surface area contributed by atoms with Crippen molar-refractivity contribution in [2.24, 2.45) is 4.99 Å². The average Bonchev–Trinajstić information content (AvgIpc) is 2.82. The first-order valence-electron chi connectivity index (χ1n) is 10.1. The summed E-state index contributed by atoms with van der Waals surface area (Å²) < 4.78 is 16.4. The quantitative estimate of drug-likeness (QED) is 0.550. The van der Waals surface area contributed by atoms with Gasteiger partial charge in [-0.2, -0.15) is 0 Å². The largest absolute Gasteiger partial charge is 0.496 e. The van der Waals surface area contributed by atoms with Crippen LogP contribution in [0.5, 0.6) is 17.2 Å². The lowest BCUT2D eigenvalue weighted by molar-refractivity contribution is 0.365. The molecule has 0 spiro atoms. The van der Waals surface area contributed by atoms with Crippen LogP contribution >= 0.6 is 0 Å². The lowest BCUT2D eigenvalue weighted by atomic mass is 10.1. The molecule has 0 saturated carbocycles. The Morgan fingerprint density at radius 3 is 2.27 bits per heavy atom. The van der Waals surface area contributed by atoms with Gasteiger partial charge in [0.2, 0.25) is 0 Å². The molecule has 0 bridgehead atoms. The van der Waals surface area contributed by atoms with Crippen LogP contribution in [-0.2, 0) is 6.42 Å². The fourth-order valence-corrected chi connectivity index (χ4v) is 3.64. The number of hydrogen-bond acceptors (Lipinski definition) is 6. The van der Waals surface area contributed by atoms with E-state index >= 15 is 0 Å². The van der Waals surface area contributed by atoms with Crippen LogP contribution in [0.4, 0.5) is 5.82 Å².